The summed E-state index contributed by atoms with van der Waals surface area (Å²) in [6.45, 7) is 0.857. The predicted octanol–water partition coefficient (Wildman–Crippen LogP) is 0.522. The molecule has 0 saturated carbocycles. The first-order chi connectivity index (χ1) is 10.5. The Kier molecular flexibility index (Phi) is 5.51. The molecule has 2 amide bonds. The fourth-order valence-corrected chi connectivity index (χ4v) is 3.03. The van der Waals surface area contributed by atoms with Crippen LogP contribution in [0.15, 0.2) is 17.5 Å². The molecular weight excluding hydrogens is 308 g/mol. The minimum absolute atomic E-state index is 0.0765. The van der Waals surface area contributed by atoms with E-state index in [1.807, 2.05) is 0 Å². The van der Waals surface area contributed by atoms with Gasteiger partial charge in [0.2, 0.25) is 5.91 Å². The van der Waals surface area contributed by atoms with Crippen LogP contribution in [0, 0.1) is 0 Å². The topological polar surface area (TPSA) is 87.2 Å². The molecule has 120 valence electrons. The van der Waals surface area contributed by atoms with Gasteiger partial charge in [0, 0.05) is 13.6 Å². The summed E-state index contributed by atoms with van der Waals surface area (Å²) >= 11 is 1.32. The Bertz CT molecular complexity index is 545. The molecule has 2 rings (SSSR count). The zero-order chi connectivity index (χ0) is 16.1. The van der Waals surface area contributed by atoms with Crippen LogP contribution in [0.25, 0.3) is 0 Å². The molecule has 0 bridgehead atoms. The Balaban J connectivity index is 1.97. The molecule has 1 aliphatic heterocycles. The van der Waals surface area contributed by atoms with Crippen molar-refractivity contribution in [1.82, 2.24) is 9.80 Å². The van der Waals surface area contributed by atoms with Crippen molar-refractivity contribution < 1.29 is 24.2 Å². The summed E-state index contributed by atoms with van der Waals surface area (Å²) in [4.78, 5) is 38.8. The number of hydrogen-bond donors (Lipinski definition) is 1. The number of carbonyl (C=O) groups is 3. The zero-order valence-electron chi connectivity index (χ0n) is 12.2. The number of thiophene rings is 1. The lowest BCUT2D eigenvalue weighted by Crippen LogP contribution is -2.52. The molecule has 0 spiro atoms. The second kappa shape index (κ2) is 7.37. The summed E-state index contributed by atoms with van der Waals surface area (Å²) in [5, 5.41) is 10.7. The number of amides is 2. The van der Waals surface area contributed by atoms with Crippen LogP contribution < -0.4 is 0 Å². The number of aliphatic carboxylic acids is 1. The molecular formula is C14H18N2O5S. The third-order valence-electron chi connectivity index (χ3n) is 3.41. The molecule has 1 atom stereocenters. The minimum Gasteiger partial charge on any atom is -0.481 e. The first kappa shape index (κ1) is 16.4. The average molecular weight is 326 g/mol. The number of morpholine rings is 1. The molecule has 22 heavy (non-hydrogen) atoms. The van der Waals surface area contributed by atoms with Crippen LogP contribution in [0.3, 0.4) is 0 Å². The van der Waals surface area contributed by atoms with Crippen molar-refractivity contribution in [2.24, 2.45) is 0 Å². The van der Waals surface area contributed by atoms with E-state index in [-0.39, 0.29) is 31.4 Å². The van der Waals surface area contributed by atoms with Crippen molar-refractivity contribution in [2.75, 3.05) is 33.4 Å². The van der Waals surface area contributed by atoms with Crippen molar-refractivity contribution in [3.05, 3.63) is 22.4 Å². The maximum atomic E-state index is 12.4. The molecule has 1 aromatic rings. The van der Waals surface area contributed by atoms with Crippen LogP contribution in [0.2, 0.25) is 0 Å². The first-order valence-corrected chi connectivity index (χ1v) is 7.75. The zero-order valence-corrected chi connectivity index (χ0v) is 13.0. The Hall–Kier alpha value is -1.93. The molecule has 7 nitrogen and oxygen atoms in total. The highest BCUT2D eigenvalue weighted by molar-refractivity contribution is 7.12. The van der Waals surface area contributed by atoms with Gasteiger partial charge < -0.3 is 19.6 Å². The van der Waals surface area contributed by atoms with E-state index in [0.29, 0.717) is 18.0 Å². The number of carboxylic acids is 1. The molecule has 0 aliphatic carbocycles. The summed E-state index contributed by atoms with van der Waals surface area (Å²) < 4.78 is 5.24. The van der Waals surface area contributed by atoms with E-state index in [4.69, 9.17) is 9.84 Å². The van der Waals surface area contributed by atoms with Gasteiger partial charge in [-0.1, -0.05) is 6.07 Å². The average Bonchev–Trinajstić information content (AvgIpc) is 3.00. The summed E-state index contributed by atoms with van der Waals surface area (Å²) in [5.74, 6) is -1.45. The van der Waals surface area contributed by atoms with Gasteiger partial charge in [-0.05, 0) is 11.4 Å². The predicted molar refractivity (Wildman–Crippen MR) is 79.9 cm³/mol. The summed E-state index contributed by atoms with van der Waals surface area (Å²) in [7, 11) is 1.56. The molecule has 0 aromatic carbocycles. The van der Waals surface area contributed by atoms with E-state index in [0.717, 1.165) is 0 Å². The Morgan fingerprint density at radius 3 is 2.91 bits per heavy atom. The molecule has 1 fully saturated rings. The number of rotatable bonds is 5. The molecule has 8 heteroatoms. The number of carbonyl (C=O) groups excluding carboxylic acids is 2. The van der Waals surface area contributed by atoms with Gasteiger partial charge in [0.1, 0.15) is 0 Å². The van der Waals surface area contributed by atoms with Gasteiger partial charge in [-0.25, -0.2) is 0 Å². The molecule has 0 radical (unpaired) electrons. The largest absolute Gasteiger partial charge is 0.481 e. The van der Waals surface area contributed by atoms with Gasteiger partial charge in [0.25, 0.3) is 5.91 Å². The lowest BCUT2D eigenvalue weighted by Gasteiger charge is -2.35. The number of ether oxygens (including phenoxy) is 1. The Morgan fingerprint density at radius 2 is 2.27 bits per heavy atom. The van der Waals surface area contributed by atoms with Gasteiger partial charge in [0.05, 0.1) is 37.1 Å². The van der Waals surface area contributed by atoms with E-state index in [1.54, 1.807) is 24.6 Å². The van der Waals surface area contributed by atoms with Crippen LogP contribution in [0.1, 0.15) is 16.1 Å². The van der Waals surface area contributed by atoms with E-state index in [2.05, 4.69) is 0 Å². The lowest BCUT2D eigenvalue weighted by atomic mass is 10.1. The fraction of sp³-hybridized carbons (Fsp3) is 0.500. The van der Waals surface area contributed by atoms with Crippen LogP contribution in [-0.2, 0) is 14.3 Å². The maximum Gasteiger partial charge on any atom is 0.305 e. The number of likely N-dealkylation sites (N-methyl/N-ethyl adjacent to an activating group) is 1. The van der Waals surface area contributed by atoms with Gasteiger partial charge in [-0.3, -0.25) is 14.4 Å². The van der Waals surface area contributed by atoms with Crippen LogP contribution in [0.5, 0.6) is 0 Å². The van der Waals surface area contributed by atoms with Gasteiger partial charge in [-0.2, -0.15) is 0 Å². The van der Waals surface area contributed by atoms with Gasteiger partial charge >= 0.3 is 5.97 Å². The third-order valence-corrected chi connectivity index (χ3v) is 4.27. The maximum absolute atomic E-state index is 12.4. The fourth-order valence-electron chi connectivity index (χ4n) is 2.31. The van der Waals surface area contributed by atoms with E-state index < -0.39 is 12.0 Å². The smallest absolute Gasteiger partial charge is 0.305 e. The van der Waals surface area contributed by atoms with Gasteiger partial charge in [0.15, 0.2) is 0 Å². The van der Waals surface area contributed by atoms with E-state index >= 15 is 0 Å². The van der Waals surface area contributed by atoms with Crippen molar-refractivity contribution in [3.8, 4) is 0 Å². The lowest BCUT2D eigenvalue weighted by molar-refractivity contribution is -0.146. The molecule has 1 aliphatic rings. The number of hydrogen-bond acceptors (Lipinski definition) is 5. The monoisotopic (exact) mass is 326 g/mol. The Morgan fingerprint density at radius 1 is 1.50 bits per heavy atom. The van der Waals surface area contributed by atoms with Crippen molar-refractivity contribution in [2.45, 2.75) is 12.5 Å². The molecule has 2 heterocycles. The SMILES string of the molecule is CN(CC(=O)N1CCOCC1CC(=O)O)C(=O)c1cccs1. The highest BCUT2D eigenvalue weighted by atomic mass is 32.1. The summed E-state index contributed by atoms with van der Waals surface area (Å²) in [6.07, 6.45) is -0.158. The molecule has 1 saturated heterocycles. The van der Waals surface area contributed by atoms with Crippen molar-refractivity contribution >= 4 is 29.1 Å². The van der Waals surface area contributed by atoms with Crippen molar-refractivity contribution in [3.63, 3.8) is 0 Å². The highest BCUT2D eigenvalue weighted by Crippen LogP contribution is 2.14. The van der Waals surface area contributed by atoms with E-state index in [1.165, 1.54) is 21.1 Å². The van der Waals surface area contributed by atoms with Crippen LogP contribution in [0.4, 0.5) is 0 Å². The third kappa shape index (κ3) is 4.05. The summed E-state index contributed by atoms with van der Waals surface area (Å²) in [6, 6.07) is 3.00. The second-order valence-corrected chi connectivity index (χ2v) is 6.00. The minimum atomic E-state index is -0.976. The van der Waals surface area contributed by atoms with E-state index in [9.17, 15) is 14.4 Å². The van der Waals surface area contributed by atoms with Crippen molar-refractivity contribution in [1.29, 1.82) is 0 Å². The standard InChI is InChI=1S/C14H18N2O5S/c1-15(14(20)11-3-2-6-22-11)8-12(17)16-4-5-21-9-10(16)7-13(18)19/h2-3,6,10H,4-5,7-9H2,1H3,(H,18,19). The number of carboxylic acid groups (broad SMARTS) is 1. The number of nitrogens with zero attached hydrogens (tertiary/aromatic N) is 2. The van der Waals surface area contributed by atoms with Crippen LogP contribution >= 0.6 is 11.3 Å². The van der Waals surface area contributed by atoms with Crippen LogP contribution in [-0.4, -0.2) is 72.1 Å². The van der Waals surface area contributed by atoms with Gasteiger partial charge in [-0.15, -0.1) is 11.3 Å². The Labute approximate surface area is 132 Å². The first-order valence-electron chi connectivity index (χ1n) is 6.87. The quantitative estimate of drug-likeness (QED) is 0.852. The molecule has 1 N–H and O–H groups in total. The molecule has 1 unspecified atom stereocenters. The second-order valence-electron chi connectivity index (χ2n) is 5.05. The molecule has 1 aromatic heterocycles. The normalized spacial score (nSPS) is 18.0. The highest BCUT2D eigenvalue weighted by Gasteiger charge is 2.30. The summed E-state index contributed by atoms with van der Waals surface area (Å²) in [5.41, 5.74) is 0.